The summed E-state index contributed by atoms with van der Waals surface area (Å²) in [5, 5.41) is 4.82. The van der Waals surface area contributed by atoms with Gasteiger partial charge in [0, 0.05) is 24.1 Å². The second kappa shape index (κ2) is 8.48. The van der Waals surface area contributed by atoms with Crippen LogP contribution in [0, 0.1) is 13.8 Å². The minimum atomic E-state index is -1.23. The number of rotatable bonds is 7. The number of urea groups is 1. The highest BCUT2D eigenvalue weighted by Gasteiger charge is 2.49. The van der Waals surface area contributed by atoms with Crippen LogP contribution in [0.25, 0.3) is 10.8 Å². The summed E-state index contributed by atoms with van der Waals surface area (Å²) in [7, 11) is 1.64. The van der Waals surface area contributed by atoms with Gasteiger partial charge in [-0.1, -0.05) is 36.4 Å². The first kappa shape index (κ1) is 22.7. The molecular weight excluding hydrogens is 418 g/mol. The van der Waals surface area contributed by atoms with Gasteiger partial charge in [-0.3, -0.25) is 14.5 Å². The second-order valence-corrected chi connectivity index (χ2v) is 8.89. The van der Waals surface area contributed by atoms with Crippen molar-refractivity contribution in [3.05, 3.63) is 71.0 Å². The van der Waals surface area contributed by atoms with E-state index in [1.807, 2.05) is 73.9 Å². The third kappa shape index (κ3) is 3.82. The van der Waals surface area contributed by atoms with E-state index in [-0.39, 0.29) is 18.4 Å². The van der Waals surface area contributed by atoms with Gasteiger partial charge in [0.05, 0.1) is 19.2 Å². The van der Waals surface area contributed by atoms with Crippen molar-refractivity contribution >= 4 is 28.5 Å². The molecule has 0 aliphatic carbocycles. The summed E-state index contributed by atoms with van der Waals surface area (Å²) in [5.74, 6) is -0.706. The summed E-state index contributed by atoms with van der Waals surface area (Å²) in [5.41, 5.74) is 1.69. The van der Waals surface area contributed by atoms with E-state index < -0.39 is 17.5 Å². The number of ether oxygens (including phenoxy) is 1. The van der Waals surface area contributed by atoms with Gasteiger partial charge in [0.1, 0.15) is 5.54 Å². The van der Waals surface area contributed by atoms with Gasteiger partial charge in [-0.05, 0) is 56.2 Å². The standard InChI is InChI=1S/C26H29N3O4/c1-16-12-22(18(3)29(16)17(2)15-33-5)23(30)14-28-24(31)26(4,27-25(28)32)21-11-10-19-8-6-7-9-20(19)13-21/h6-13,17H,14-15H2,1-5H3,(H,27,32)/t17-,26+/m1/s1. The maximum absolute atomic E-state index is 13.4. The van der Waals surface area contributed by atoms with Gasteiger partial charge in [-0.15, -0.1) is 0 Å². The van der Waals surface area contributed by atoms with Crippen molar-refractivity contribution in [2.24, 2.45) is 0 Å². The normalized spacial score (nSPS) is 19.2. The Kier molecular flexibility index (Phi) is 5.84. The van der Waals surface area contributed by atoms with Crippen LogP contribution < -0.4 is 5.32 Å². The van der Waals surface area contributed by atoms with Crippen LogP contribution in [0.4, 0.5) is 4.79 Å². The summed E-state index contributed by atoms with van der Waals surface area (Å²) in [6, 6.07) is 14.8. The molecule has 1 aliphatic heterocycles. The molecule has 1 N–H and O–H groups in total. The number of aromatic nitrogens is 1. The molecule has 1 aliphatic rings. The Labute approximate surface area is 193 Å². The Balaban J connectivity index is 1.59. The zero-order valence-electron chi connectivity index (χ0n) is 19.6. The number of carbonyl (C=O) groups excluding carboxylic acids is 3. The lowest BCUT2D eigenvalue weighted by Gasteiger charge is -2.22. The van der Waals surface area contributed by atoms with Crippen molar-refractivity contribution in [1.29, 1.82) is 0 Å². The van der Waals surface area contributed by atoms with Gasteiger partial charge in [0.25, 0.3) is 5.91 Å². The van der Waals surface area contributed by atoms with Crippen LogP contribution in [0.1, 0.15) is 47.2 Å². The van der Waals surface area contributed by atoms with Crippen molar-refractivity contribution in [1.82, 2.24) is 14.8 Å². The molecule has 7 nitrogen and oxygen atoms in total. The Morgan fingerprint density at radius 2 is 1.79 bits per heavy atom. The number of amides is 3. The molecular formula is C26H29N3O4. The monoisotopic (exact) mass is 447 g/mol. The predicted molar refractivity (Wildman–Crippen MR) is 126 cm³/mol. The molecule has 3 aromatic rings. The lowest BCUT2D eigenvalue weighted by atomic mass is 9.90. The summed E-state index contributed by atoms with van der Waals surface area (Å²) < 4.78 is 7.30. The van der Waals surface area contributed by atoms with Gasteiger partial charge < -0.3 is 14.6 Å². The van der Waals surface area contributed by atoms with Gasteiger partial charge in [-0.2, -0.15) is 0 Å². The van der Waals surface area contributed by atoms with Gasteiger partial charge >= 0.3 is 6.03 Å². The molecule has 4 rings (SSSR count). The lowest BCUT2D eigenvalue weighted by Crippen LogP contribution is -2.41. The van der Waals surface area contributed by atoms with Gasteiger partial charge in [0.2, 0.25) is 0 Å². The van der Waals surface area contributed by atoms with E-state index in [9.17, 15) is 14.4 Å². The van der Waals surface area contributed by atoms with Crippen LogP contribution in [-0.2, 0) is 15.1 Å². The molecule has 0 spiro atoms. The van der Waals surface area contributed by atoms with E-state index in [4.69, 9.17) is 4.74 Å². The smallest absolute Gasteiger partial charge is 0.325 e. The fourth-order valence-corrected chi connectivity index (χ4v) is 4.82. The van der Waals surface area contributed by atoms with Crippen molar-refractivity contribution in [2.75, 3.05) is 20.3 Å². The molecule has 33 heavy (non-hydrogen) atoms. The predicted octanol–water partition coefficient (Wildman–Crippen LogP) is 4.12. The molecule has 1 aromatic heterocycles. The fraction of sp³-hybridized carbons (Fsp3) is 0.346. The molecule has 0 saturated carbocycles. The summed E-state index contributed by atoms with van der Waals surface area (Å²) >= 11 is 0. The fourth-order valence-electron chi connectivity index (χ4n) is 4.82. The Morgan fingerprint density at radius 1 is 1.09 bits per heavy atom. The molecule has 7 heteroatoms. The number of benzene rings is 2. The molecule has 2 heterocycles. The average Bonchev–Trinajstić information content (AvgIpc) is 3.21. The first-order chi connectivity index (χ1) is 15.7. The van der Waals surface area contributed by atoms with Crippen molar-refractivity contribution < 1.29 is 19.1 Å². The Bertz CT molecular complexity index is 1260. The summed E-state index contributed by atoms with van der Waals surface area (Å²) in [4.78, 5) is 40.3. The summed E-state index contributed by atoms with van der Waals surface area (Å²) in [6.45, 7) is 7.71. The number of fused-ring (bicyclic) bond motifs is 1. The number of imide groups is 1. The Hall–Kier alpha value is -3.45. The molecule has 0 radical (unpaired) electrons. The zero-order chi connectivity index (χ0) is 23.9. The van der Waals surface area contributed by atoms with Crippen LogP contribution >= 0.6 is 0 Å². The molecule has 0 unspecified atom stereocenters. The molecule has 1 saturated heterocycles. The largest absolute Gasteiger partial charge is 0.383 e. The van der Waals surface area contributed by atoms with E-state index in [1.165, 1.54) is 0 Å². The van der Waals surface area contributed by atoms with E-state index >= 15 is 0 Å². The Morgan fingerprint density at radius 3 is 2.48 bits per heavy atom. The van der Waals surface area contributed by atoms with Gasteiger partial charge in [-0.25, -0.2) is 4.79 Å². The highest BCUT2D eigenvalue weighted by molar-refractivity contribution is 6.11. The summed E-state index contributed by atoms with van der Waals surface area (Å²) in [6.07, 6.45) is 0. The minimum absolute atomic E-state index is 0.0597. The maximum Gasteiger partial charge on any atom is 0.325 e. The van der Waals surface area contributed by atoms with Crippen LogP contribution in [0.2, 0.25) is 0 Å². The van der Waals surface area contributed by atoms with Crippen LogP contribution in [-0.4, -0.2) is 47.4 Å². The average molecular weight is 448 g/mol. The van der Waals surface area contributed by atoms with E-state index in [0.717, 1.165) is 27.1 Å². The first-order valence-electron chi connectivity index (χ1n) is 11.0. The molecule has 2 aromatic carbocycles. The molecule has 172 valence electrons. The number of carbonyl (C=O) groups is 3. The highest BCUT2D eigenvalue weighted by atomic mass is 16.5. The number of Topliss-reactive ketones (excluding diaryl/α,β-unsaturated/α-hetero) is 1. The second-order valence-electron chi connectivity index (χ2n) is 8.89. The van der Waals surface area contributed by atoms with Crippen LogP contribution in [0.5, 0.6) is 0 Å². The molecule has 0 bridgehead atoms. The quantitative estimate of drug-likeness (QED) is 0.437. The third-order valence-corrected chi connectivity index (χ3v) is 6.54. The molecule has 3 amide bonds. The number of nitrogens with zero attached hydrogens (tertiary/aromatic N) is 2. The molecule has 2 atom stereocenters. The molecule has 1 fully saturated rings. The number of methoxy groups -OCH3 is 1. The van der Waals surface area contributed by atoms with Crippen molar-refractivity contribution in [3.8, 4) is 0 Å². The zero-order valence-corrected chi connectivity index (χ0v) is 19.6. The van der Waals surface area contributed by atoms with Gasteiger partial charge in [0.15, 0.2) is 5.78 Å². The number of aryl methyl sites for hydroxylation is 1. The minimum Gasteiger partial charge on any atom is -0.383 e. The lowest BCUT2D eigenvalue weighted by molar-refractivity contribution is -0.130. The number of nitrogens with one attached hydrogen (secondary N) is 1. The number of hydrogen-bond donors (Lipinski definition) is 1. The van der Waals surface area contributed by atoms with Crippen LogP contribution in [0.3, 0.4) is 0 Å². The van der Waals surface area contributed by atoms with Crippen molar-refractivity contribution in [2.45, 2.75) is 39.3 Å². The van der Waals surface area contributed by atoms with Crippen molar-refractivity contribution in [3.63, 3.8) is 0 Å². The van der Waals surface area contributed by atoms with E-state index in [1.54, 1.807) is 14.0 Å². The third-order valence-electron chi connectivity index (χ3n) is 6.54. The van der Waals surface area contributed by atoms with E-state index in [0.29, 0.717) is 17.7 Å². The highest BCUT2D eigenvalue weighted by Crippen LogP contribution is 2.31. The SMILES string of the molecule is COC[C@@H](C)n1c(C)cc(C(=O)CN2C(=O)N[C@@](C)(c3ccc4ccccc4c3)C2=O)c1C. The number of ketones is 1. The van der Waals surface area contributed by atoms with E-state index in [2.05, 4.69) is 5.32 Å². The van der Waals surface area contributed by atoms with Crippen LogP contribution in [0.15, 0.2) is 48.5 Å². The topological polar surface area (TPSA) is 80.6 Å². The maximum atomic E-state index is 13.4. The number of hydrogen-bond acceptors (Lipinski definition) is 4. The first-order valence-corrected chi connectivity index (χ1v) is 11.0.